The van der Waals surface area contributed by atoms with Crippen LogP contribution >= 0.6 is 15.9 Å². The summed E-state index contributed by atoms with van der Waals surface area (Å²) in [4.78, 5) is 25.2. The minimum Gasteiger partial charge on any atom is -0.351 e. The fourth-order valence-electron chi connectivity index (χ4n) is 1.79. The zero-order valence-corrected chi connectivity index (χ0v) is 13.2. The Morgan fingerprint density at radius 3 is 2.55 bits per heavy atom. The fraction of sp³-hybridized carbons (Fsp3) is 0.429. The van der Waals surface area contributed by atoms with Gasteiger partial charge in [0, 0.05) is 26.1 Å². The van der Waals surface area contributed by atoms with Gasteiger partial charge in [0.25, 0.3) is 5.91 Å². The van der Waals surface area contributed by atoms with E-state index >= 15 is 0 Å². The number of nitrogens with one attached hydrogen (secondary N) is 1. The number of hydrogen-bond donors (Lipinski definition) is 1. The molecule has 0 aromatic heterocycles. The Kier molecular flexibility index (Phi) is 6.64. The lowest BCUT2D eigenvalue weighted by atomic mass is 10.2. The largest absolute Gasteiger partial charge is 0.351 e. The fourth-order valence-corrected chi connectivity index (χ4v) is 2.16. The lowest BCUT2D eigenvalue weighted by Gasteiger charge is -2.18. The summed E-state index contributed by atoms with van der Waals surface area (Å²) in [6.45, 7) is 5.28. The van der Waals surface area contributed by atoms with Crippen molar-refractivity contribution in [2.24, 2.45) is 0 Å². The Labute approximate surface area is 126 Å². The molecule has 1 rings (SSSR count). The van der Waals surface area contributed by atoms with E-state index in [0.717, 1.165) is 0 Å². The highest BCUT2D eigenvalue weighted by atomic mass is 79.9. The van der Waals surface area contributed by atoms with Gasteiger partial charge in [-0.1, -0.05) is 6.07 Å². The molecular weight excluding hydrogens is 327 g/mol. The van der Waals surface area contributed by atoms with Crippen molar-refractivity contribution in [1.29, 1.82) is 0 Å². The van der Waals surface area contributed by atoms with Gasteiger partial charge in [-0.15, -0.1) is 0 Å². The molecule has 0 heterocycles. The van der Waals surface area contributed by atoms with E-state index in [1.165, 1.54) is 12.1 Å². The zero-order chi connectivity index (χ0) is 15.1. The van der Waals surface area contributed by atoms with Gasteiger partial charge >= 0.3 is 0 Å². The molecule has 0 aliphatic rings. The van der Waals surface area contributed by atoms with Crippen LogP contribution in [-0.2, 0) is 4.79 Å². The summed E-state index contributed by atoms with van der Waals surface area (Å²) < 4.78 is 13.9. The molecule has 0 saturated carbocycles. The predicted octanol–water partition coefficient (Wildman–Crippen LogP) is 2.58. The molecule has 110 valence electrons. The summed E-state index contributed by atoms with van der Waals surface area (Å²) in [5, 5.41) is 2.55. The molecule has 0 fully saturated rings. The summed E-state index contributed by atoms with van der Waals surface area (Å²) in [5.41, 5.74) is -0.0327. The number of carbonyl (C=O) groups is 2. The summed E-state index contributed by atoms with van der Waals surface area (Å²) in [6.07, 6.45) is 0.211. The quantitative estimate of drug-likeness (QED) is 0.862. The molecule has 1 aromatic carbocycles. The van der Waals surface area contributed by atoms with Crippen molar-refractivity contribution in [3.63, 3.8) is 0 Å². The average molecular weight is 345 g/mol. The minimum absolute atomic E-state index is 0.0231. The Hall–Kier alpha value is -1.43. The number of benzene rings is 1. The second-order valence-corrected chi connectivity index (χ2v) is 5.03. The molecule has 0 spiro atoms. The van der Waals surface area contributed by atoms with Gasteiger partial charge in [0.1, 0.15) is 5.82 Å². The smallest absolute Gasteiger partial charge is 0.254 e. The molecule has 4 nitrogen and oxygen atoms in total. The molecule has 0 bridgehead atoms. The number of hydrogen-bond acceptors (Lipinski definition) is 2. The third kappa shape index (κ3) is 4.30. The molecule has 1 N–H and O–H groups in total. The van der Waals surface area contributed by atoms with Gasteiger partial charge in [0.05, 0.1) is 10.0 Å². The first-order chi connectivity index (χ1) is 9.51. The Morgan fingerprint density at radius 2 is 1.95 bits per heavy atom. The third-order valence-electron chi connectivity index (χ3n) is 2.94. The first-order valence-electron chi connectivity index (χ1n) is 6.51. The van der Waals surface area contributed by atoms with Gasteiger partial charge in [-0.2, -0.15) is 0 Å². The van der Waals surface area contributed by atoms with Crippen LogP contribution in [0.15, 0.2) is 22.7 Å². The van der Waals surface area contributed by atoms with Crippen LogP contribution in [-0.4, -0.2) is 36.3 Å². The van der Waals surface area contributed by atoms with Crippen molar-refractivity contribution < 1.29 is 14.0 Å². The van der Waals surface area contributed by atoms with Crippen LogP contribution in [0.5, 0.6) is 0 Å². The second kappa shape index (κ2) is 7.99. The molecule has 2 amide bonds. The zero-order valence-electron chi connectivity index (χ0n) is 11.6. The summed E-state index contributed by atoms with van der Waals surface area (Å²) in [5.74, 6) is -1.14. The molecular formula is C14H18BrFN2O2. The molecule has 6 heteroatoms. The van der Waals surface area contributed by atoms with Crippen LogP contribution in [0.25, 0.3) is 0 Å². The molecule has 20 heavy (non-hydrogen) atoms. The van der Waals surface area contributed by atoms with Crippen LogP contribution < -0.4 is 5.32 Å². The van der Waals surface area contributed by atoms with Crippen LogP contribution in [0, 0.1) is 5.82 Å². The lowest BCUT2D eigenvalue weighted by molar-refractivity contribution is -0.130. The molecule has 1 aromatic rings. The van der Waals surface area contributed by atoms with Crippen molar-refractivity contribution in [2.75, 3.05) is 19.6 Å². The molecule has 0 aliphatic carbocycles. The van der Waals surface area contributed by atoms with Gasteiger partial charge < -0.3 is 10.2 Å². The Bertz CT molecular complexity index is 490. The Balaban J connectivity index is 2.52. The van der Waals surface area contributed by atoms with E-state index in [1.807, 2.05) is 13.8 Å². The summed E-state index contributed by atoms with van der Waals surface area (Å²) in [6, 6.07) is 4.51. The highest BCUT2D eigenvalue weighted by Crippen LogP contribution is 2.18. The molecule has 0 atom stereocenters. The number of carbonyl (C=O) groups excluding carboxylic acids is 2. The maximum Gasteiger partial charge on any atom is 0.254 e. The molecule has 0 saturated heterocycles. The first-order valence-corrected chi connectivity index (χ1v) is 7.30. The number of halogens is 2. The van der Waals surface area contributed by atoms with E-state index < -0.39 is 11.7 Å². The van der Waals surface area contributed by atoms with Crippen LogP contribution in [0.4, 0.5) is 4.39 Å². The number of rotatable bonds is 6. The first kappa shape index (κ1) is 16.6. The minimum atomic E-state index is -0.597. The normalized spacial score (nSPS) is 10.2. The molecule has 0 aliphatic heterocycles. The Morgan fingerprint density at radius 1 is 1.30 bits per heavy atom. The molecule has 0 radical (unpaired) electrons. The maximum atomic E-state index is 13.7. The van der Waals surface area contributed by atoms with Gasteiger partial charge in [-0.25, -0.2) is 4.39 Å². The third-order valence-corrected chi connectivity index (χ3v) is 3.55. The molecule has 0 unspecified atom stereocenters. The van der Waals surface area contributed by atoms with Crippen LogP contribution in [0.2, 0.25) is 0 Å². The number of amides is 2. The van der Waals surface area contributed by atoms with Crippen molar-refractivity contribution in [1.82, 2.24) is 10.2 Å². The van der Waals surface area contributed by atoms with Crippen molar-refractivity contribution in [2.45, 2.75) is 20.3 Å². The lowest BCUT2D eigenvalue weighted by Crippen LogP contribution is -2.34. The topological polar surface area (TPSA) is 49.4 Å². The highest BCUT2D eigenvalue weighted by Gasteiger charge is 2.14. The summed E-state index contributed by atoms with van der Waals surface area (Å²) >= 11 is 3.03. The van der Waals surface area contributed by atoms with Crippen LogP contribution in [0.1, 0.15) is 30.6 Å². The van der Waals surface area contributed by atoms with E-state index in [2.05, 4.69) is 21.2 Å². The number of nitrogens with zero attached hydrogens (tertiary/aromatic N) is 1. The SMILES string of the molecule is CCN(CC)C(=O)CCNC(=O)c1cccc(Br)c1F. The van der Waals surface area contributed by atoms with E-state index in [-0.39, 0.29) is 28.9 Å². The van der Waals surface area contributed by atoms with Crippen molar-refractivity contribution in [3.8, 4) is 0 Å². The van der Waals surface area contributed by atoms with E-state index in [0.29, 0.717) is 13.1 Å². The van der Waals surface area contributed by atoms with Crippen molar-refractivity contribution >= 4 is 27.7 Å². The standard InChI is InChI=1S/C14H18BrFN2O2/c1-3-18(4-2)12(19)8-9-17-14(20)10-6-5-7-11(15)13(10)16/h5-7H,3-4,8-9H2,1-2H3,(H,17,20). The monoisotopic (exact) mass is 344 g/mol. The predicted molar refractivity (Wildman–Crippen MR) is 79.0 cm³/mol. The van der Waals surface area contributed by atoms with E-state index in [9.17, 15) is 14.0 Å². The van der Waals surface area contributed by atoms with Gasteiger partial charge in [0.2, 0.25) is 5.91 Å². The van der Waals surface area contributed by atoms with Gasteiger partial charge in [0.15, 0.2) is 0 Å². The highest BCUT2D eigenvalue weighted by molar-refractivity contribution is 9.10. The van der Waals surface area contributed by atoms with Crippen molar-refractivity contribution in [3.05, 3.63) is 34.1 Å². The van der Waals surface area contributed by atoms with Gasteiger partial charge in [-0.05, 0) is 41.9 Å². The van der Waals surface area contributed by atoms with E-state index in [4.69, 9.17) is 0 Å². The second-order valence-electron chi connectivity index (χ2n) is 4.17. The van der Waals surface area contributed by atoms with Gasteiger partial charge in [-0.3, -0.25) is 9.59 Å². The van der Waals surface area contributed by atoms with Crippen LogP contribution in [0.3, 0.4) is 0 Å². The maximum absolute atomic E-state index is 13.7. The average Bonchev–Trinajstić information content (AvgIpc) is 2.43. The van der Waals surface area contributed by atoms with E-state index in [1.54, 1.807) is 11.0 Å². The summed E-state index contributed by atoms with van der Waals surface area (Å²) in [7, 11) is 0.